The summed E-state index contributed by atoms with van der Waals surface area (Å²) in [4.78, 5) is 0. The third-order valence-corrected chi connectivity index (χ3v) is 3.67. The molecule has 0 radical (unpaired) electrons. The van der Waals surface area contributed by atoms with E-state index >= 15 is 0 Å². The fourth-order valence-electron chi connectivity index (χ4n) is 1.93. The molecule has 0 spiro atoms. The van der Waals surface area contributed by atoms with E-state index < -0.39 is 0 Å². The molecule has 1 saturated carbocycles. The molecular formula is C15H18Cl2N2O. The first-order valence-electron chi connectivity index (χ1n) is 6.91. The normalized spacial score (nSPS) is 14.1. The second-order valence-electron chi connectivity index (χ2n) is 4.99. The molecule has 0 unspecified atom stereocenters. The summed E-state index contributed by atoms with van der Waals surface area (Å²) in [5.41, 5.74) is 0.995. The minimum Gasteiger partial charge on any atom is -0.492 e. The zero-order chi connectivity index (χ0) is 14.4. The lowest BCUT2D eigenvalue weighted by Crippen LogP contribution is -2.16. The van der Waals surface area contributed by atoms with Crippen LogP contribution in [0.4, 0.5) is 0 Å². The maximum atomic E-state index is 8.49. The number of hydrogen-bond acceptors (Lipinski definition) is 3. The molecule has 3 nitrogen and oxygen atoms in total. The molecule has 5 heteroatoms. The van der Waals surface area contributed by atoms with E-state index in [-0.39, 0.29) is 0 Å². The van der Waals surface area contributed by atoms with E-state index in [1.807, 2.05) is 6.07 Å². The highest BCUT2D eigenvalue weighted by atomic mass is 35.5. The smallest absolute Gasteiger partial charge is 0.142 e. The van der Waals surface area contributed by atoms with Crippen molar-refractivity contribution in [2.24, 2.45) is 0 Å². The fourth-order valence-corrected chi connectivity index (χ4v) is 2.52. The molecule has 0 saturated heterocycles. The molecule has 2 rings (SSSR count). The molecule has 1 aromatic carbocycles. The van der Waals surface area contributed by atoms with Crippen LogP contribution in [-0.4, -0.2) is 12.6 Å². The molecule has 108 valence electrons. The molecule has 0 heterocycles. The molecular weight excluding hydrogens is 295 g/mol. The molecule has 20 heavy (non-hydrogen) atoms. The molecule has 0 atom stereocenters. The van der Waals surface area contributed by atoms with Crippen molar-refractivity contribution in [2.75, 3.05) is 6.61 Å². The summed E-state index contributed by atoms with van der Waals surface area (Å²) in [6.07, 6.45) is 4.73. The zero-order valence-electron chi connectivity index (χ0n) is 11.3. The van der Waals surface area contributed by atoms with E-state index in [1.54, 1.807) is 6.07 Å². The molecule has 1 N–H and O–H groups in total. The number of ether oxygens (including phenoxy) is 1. The van der Waals surface area contributed by atoms with Gasteiger partial charge in [-0.25, -0.2) is 0 Å². The first kappa shape index (κ1) is 15.4. The van der Waals surface area contributed by atoms with Gasteiger partial charge in [0.25, 0.3) is 0 Å². The monoisotopic (exact) mass is 312 g/mol. The van der Waals surface area contributed by atoms with E-state index in [1.165, 1.54) is 12.8 Å². The minimum absolute atomic E-state index is 0.547. The van der Waals surface area contributed by atoms with Gasteiger partial charge in [-0.2, -0.15) is 5.26 Å². The summed E-state index contributed by atoms with van der Waals surface area (Å²) < 4.78 is 5.78. The molecule has 0 bridgehead atoms. The first-order valence-corrected chi connectivity index (χ1v) is 7.67. The van der Waals surface area contributed by atoms with Gasteiger partial charge in [0.15, 0.2) is 0 Å². The van der Waals surface area contributed by atoms with Crippen LogP contribution in [0.25, 0.3) is 0 Å². The van der Waals surface area contributed by atoms with Gasteiger partial charge >= 0.3 is 0 Å². The first-order chi connectivity index (χ1) is 9.70. The molecule has 0 amide bonds. The Morgan fingerprint density at radius 2 is 2.10 bits per heavy atom. The maximum absolute atomic E-state index is 8.49. The van der Waals surface area contributed by atoms with Crippen molar-refractivity contribution < 1.29 is 4.74 Å². The SMILES string of the molecule is N#CCCCCOc1c(Cl)cc(Cl)cc1CNC1CC1. The predicted molar refractivity (Wildman–Crippen MR) is 81.3 cm³/mol. The molecule has 0 aliphatic heterocycles. The summed E-state index contributed by atoms with van der Waals surface area (Å²) in [7, 11) is 0. The van der Waals surface area contributed by atoms with Crippen molar-refractivity contribution in [2.45, 2.75) is 44.7 Å². The van der Waals surface area contributed by atoms with E-state index in [2.05, 4.69) is 11.4 Å². The number of benzene rings is 1. The summed E-state index contributed by atoms with van der Waals surface area (Å²) in [6.45, 7) is 1.29. The Morgan fingerprint density at radius 1 is 1.30 bits per heavy atom. The van der Waals surface area contributed by atoms with Crippen molar-refractivity contribution >= 4 is 23.2 Å². The largest absolute Gasteiger partial charge is 0.492 e. The Hall–Kier alpha value is -0.950. The van der Waals surface area contributed by atoms with Crippen LogP contribution in [0.2, 0.25) is 10.0 Å². The van der Waals surface area contributed by atoms with Crippen LogP contribution in [0, 0.1) is 11.3 Å². The Balaban J connectivity index is 1.94. The van der Waals surface area contributed by atoms with Gasteiger partial charge in [0.1, 0.15) is 5.75 Å². The van der Waals surface area contributed by atoms with E-state index in [9.17, 15) is 0 Å². The van der Waals surface area contributed by atoms with Gasteiger partial charge < -0.3 is 10.1 Å². The number of unbranched alkanes of at least 4 members (excludes halogenated alkanes) is 2. The Bertz CT molecular complexity index is 495. The standard InChI is InChI=1S/C15H18Cl2N2O/c16-12-8-11(10-19-13-4-5-13)15(14(17)9-12)20-7-3-1-2-6-18/h8-9,13,19H,1-5,7,10H2. The number of rotatable bonds is 8. The number of nitriles is 1. The van der Waals surface area contributed by atoms with Crippen LogP contribution in [0.15, 0.2) is 12.1 Å². The molecule has 1 fully saturated rings. The molecule has 1 aliphatic rings. The van der Waals surface area contributed by atoms with Gasteiger partial charge in [0.2, 0.25) is 0 Å². The number of halogens is 2. The van der Waals surface area contributed by atoms with Gasteiger partial charge in [0.05, 0.1) is 17.7 Å². The summed E-state index contributed by atoms with van der Waals surface area (Å²) in [5, 5.41) is 13.1. The molecule has 1 aromatic rings. The Kier molecular flexibility index (Phi) is 5.97. The maximum Gasteiger partial charge on any atom is 0.142 e. The average Bonchev–Trinajstić information content (AvgIpc) is 3.22. The Labute approximate surface area is 129 Å². The lowest BCUT2D eigenvalue weighted by Gasteiger charge is -2.14. The zero-order valence-corrected chi connectivity index (χ0v) is 12.8. The summed E-state index contributed by atoms with van der Waals surface area (Å²) in [6, 6.07) is 6.35. The predicted octanol–water partition coefficient (Wildman–Crippen LogP) is 4.32. The van der Waals surface area contributed by atoms with Crippen molar-refractivity contribution in [1.29, 1.82) is 5.26 Å². The second kappa shape index (κ2) is 7.73. The van der Waals surface area contributed by atoms with Gasteiger partial charge in [-0.1, -0.05) is 23.2 Å². The molecule has 1 aliphatic carbocycles. The van der Waals surface area contributed by atoms with Crippen LogP contribution in [0.5, 0.6) is 5.75 Å². The second-order valence-corrected chi connectivity index (χ2v) is 5.84. The van der Waals surface area contributed by atoms with Gasteiger partial charge in [-0.15, -0.1) is 0 Å². The lowest BCUT2D eigenvalue weighted by molar-refractivity contribution is 0.304. The number of nitrogens with zero attached hydrogens (tertiary/aromatic N) is 1. The summed E-state index contributed by atoms with van der Waals surface area (Å²) >= 11 is 12.3. The third-order valence-electron chi connectivity index (χ3n) is 3.17. The van der Waals surface area contributed by atoms with E-state index in [0.29, 0.717) is 34.9 Å². The molecule has 0 aromatic heterocycles. The third kappa shape index (κ3) is 4.86. The van der Waals surface area contributed by atoms with Crippen molar-refractivity contribution in [3.05, 3.63) is 27.7 Å². The number of hydrogen-bond donors (Lipinski definition) is 1. The van der Waals surface area contributed by atoms with Crippen molar-refractivity contribution in [1.82, 2.24) is 5.32 Å². The van der Waals surface area contributed by atoms with Gasteiger partial charge in [-0.05, 0) is 37.8 Å². The van der Waals surface area contributed by atoms with Crippen molar-refractivity contribution in [3.8, 4) is 11.8 Å². The van der Waals surface area contributed by atoms with Gasteiger partial charge in [0, 0.05) is 29.6 Å². The van der Waals surface area contributed by atoms with Crippen LogP contribution in [0.1, 0.15) is 37.7 Å². The quantitative estimate of drug-likeness (QED) is 0.727. The highest BCUT2D eigenvalue weighted by Gasteiger charge is 2.21. The highest BCUT2D eigenvalue weighted by Crippen LogP contribution is 2.33. The van der Waals surface area contributed by atoms with Gasteiger partial charge in [-0.3, -0.25) is 0 Å². The Morgan fingerprint density at radius 3 is 2.80 bits per heavy atom. The summed E-state index contributed by atoms with van der Waals surface area (Å²) in [5.74, 6) is 0.709. The average molecular weight is 313 g/mol. The fraction of sp³-hybridized carbons (Fsp3) is 0.533. The van der Waals surface area contributed by atoms with E-state index in [4.69, 9.17) is 33.2 Å². The number of nitrogens with one attached hydrogen (secondary N) is 1. The highest BCUT2D eigenvalue weighted by molar-refractivity contribution is 6.35. The topological polar surface area (TPSA) is 45.0 Å². The van der Waals surface area contributed by atoms with Crippen LogP contribution in [0.3, 0.4) is 0 Å². The minimum atomic E-state index is 0.547. The lowest BCUT2D eigenvalue weighted by atomic mass is 10.2. The van der Waals surface area contributed by atoms with Crippen LogP contribution < -0.4 is 10.1 Å². The van der Waals surface area contributed by atoms with Crippen LogP contribution in [-0.2, 0) is 6.54 Å². The van der Waals surface area contributed by atoms with E-state index in [0.717, 1.165) is 24.9 Å². The van der Waals surface area contributed by atoms with Crippen molar-refractivity contribution in [3.63, 3.8) is 0 Å². The van der Waals surface area contributed by atoms with Crippen LogP contribution >= 0.6 is 23.2 Å².